The van der Waals surface area contributed by atoms with Gasteiger partial charge in [0.15, 0.2) is 0 Å². The highest BCUT2D eigenvalue weighted by atomic mass is 16.5. The van der Waals surface area contributed by atoms with E-state index in [2.05, 4.69) is 39.4 Å². The van der Waals surface area contributed by atoms with E-state index in [4.69, 9.17) is 4.74 Å². The summed E-state index contributed by atoms with van der Waals surface area (Å²) in [7, 11) is 1.68. The molecule has 30 heavy (non-hydrogen) atoms. The van der Waals surface area contributed by atoms with Gasteiger partial charge in [0.25, 0.3) is 0 Å². The van der Waals surface area contributed by atoms with Gasteiger partial charge in [0, 0.05) is 6.54 Å². The van der Waals surface area contributed by atoms with Gasteiger partial charge in [-0.2, -0.15) is 5.10 Å². The van der Waals surface area contributed by atoms with Crippen LogP contribution in [-0.2, 0) is 11.3 Å². The lowest BCUT2D eigenvalue weighted by molar-refractivity contribution is -0.125. The van der Waals surface area contributed by atoms with Gasteiger partial charge in [-0.25, -0.2) is 9.67 Å². The van der Waals surface area contributed by atoms with Crippen LogP contribution in [0.25, 0.3) is 0 Å². The van der Waals surface area contributed by atoms with E-state index in [9.17, 15) is 4.79 Å². The molecule has 7 heteroatoms. The van der Waals surface area contributed by atoms with E-state index in [0.717, 1.165) is 36.4 Å². The van der Waals surface area contributed by atoms with Gasteiger partial charge in [-0.15, -0.1) is 0 Å². The first kappa shape index (κ1) is 22.3. The normalized spacial score (nSPS) is 17.5. The summed E-state index contributed by atoms with van der Waals surface area (Å²) < 4.78 is 7.12. The molecule has 1 fully saturated rings. The number of nitrogens with zero attached hydrogens (tertiary/aromatic N) is 4. The van der Waals surface area contributed by atoms with E-state index in [0.29, 0.717) is 13.1 Å². The number of amides is 1. The summed E-state index contributed by atoms with van der Waals surface area (Å²) in [6.07, 6.45) is 2.39. The van der Waals surface area contributed by atoms with Crippen LogP contribution in [0.1, 0.15) is 49.9 Å². The SMILES string of the molecule is COc1ccc(C(CNC(=O)C(C)Cn2nc(C)nc2C)N2CCC(C)CC2)cc1. The lowest BCUT2D eigenvalue weighted by Crippen LogP contribution is -2.43. The molecular formula is C23H35N5O2. The van der Waals surface area contributed by atoms with Crippen molar-refractivity contribution in [2.75, 3.05) is 26.7 Å². The minimum Gasteiger partial charge on any atom is -0.497 e. The molecule has 2 aromatic rings. The zero-order valence-corrected chi connectivity index (χ0v) is 18.9. The maximum Gasteiger partial charge on any atom is 0.224 e. The van der Waals surface area contributed by atoms with Crippen molar-refractivity contribution in [3.05, 3.63) is 41.5 Å². The number of carbonyl (C=O) groups excluding carboxylic acids is 1. The van der Waals surface area contributed by atoms with Crippen molar-refractivity contribution in [1.82, 2.24) is 25.0 Å². The van der Waals surface area contributed by atoms with Crippen molar-refractivity contribution in [3.63, 3.8) is 0 Å². The summed E-state index contributed by atoms with van der Waals surface area (Å²) in [5.74, 6) is 3.06. The molecule has 2 unspecified atom stereocenters. The second-order valence-electron chi connectivity index (χ2n) is 8.54. The number of benzene rings is 1. The van der Waals surface area contributed by atoms with Gasteiger partial charge >= 0.3 is 0 Å². The van der Waals surface area contributed by atoms with Crippen LogP contribution in [0.4, 0.5) is 0 Å². The molecule has 2 heterocycles. The van der Waals surface area contributed by atoms with Crippen molar-refractivity contribution in [3.8, 4) is 5.75 Å². The third-order valence-corrected chi connectivity index (χ3v) is 6.09. The molecule has 0 spiro atoms. The minimum absolute atomic E-state index is 0.0476. The predicted molar refractivity (Wildman–Crippen MR) is 117 cm³/mol. The molecule has 1 aliphatic heterocycles. The molecule has 1 aromatic heterocycles. The maximum absolute atomic E-state index is 12.8. The molecule has 1 aliphatic rings. The number of nitrogens with one attached hydrogen (secondary N) is 1. The smallest absolute Gasteiger partial charge is 0.224 e. The summed E-state index contributed by atoms with van der Waals surface area (Å²) in [6.45, 7) is 11.3. The van der Waals surface area contributed by atoms with Crippen LogP contribution in [0, 0.1) is 25.7 Å². The molecule has 7 nitrogen and oxygen atoms in total. The number of ether oxygens (including phenoxy) is 1. The fraction of sp³-hybridized carbons (Fsp3) is 0.609. The largest absolute Gasteiger partial charge is 0.497 e. The van der Waals surface area contributed by atoms with Gasteiger partial charge in [0.2, 0.25) is 5.91 Å². The molecule has 1 amide bonds. The lowest BCUT2D eigenvalue weighted by Gasteiger charge is -2.37. The van der Waals surface area contributed by atoms with Gasteiger partial charge < -0.3 is 10.1 Å². The van der Waals surface area contributed by atoms with E-state index >= 15 is 0 Å². The van der Waals surface area contributed by atoms with Crippen molar-refractivity contribution in [1.29, 1.82) is 0 Å². The Morgan fingerprint density at radius 3 is 2.47 bits per heavy atom. The Hall–Kier alpha value is -2.41. The molecule has 2 atom stereocenters. The standard InChI is InChI=1S/C23H35N5O2/c1-16-10-12-27(13-11-16)22(20-6-8-21(30-5)9-7-20)14-24-23(29)17(2)15-28-19(4)25-18(3)26-28/h6-9,16-17,22H,10-15H2,1-5H3,(H,24,29). The second-order valence-corrected chi connectivity index (χ2v) is 8.54. The number of aromatic nitrogens is 3. The Kier molecular flexibility index (Phi) is 7.48. The van der Waals surface area contributed by atoms with E-state index in [1.807, 2.05) is 37.6 Å². The maximum atomic E-state index is 12.8. The fourth-order valence-electron chi connectivity index (χ4n) is 4.07. The Morgan fingerprint density at radius 2 is 1.90 bits per heavy atom. The van der Waals surface area contributed by atoms with Gasteiger partial charge in [0.1, 0.15) is 17.4 Å². The Balaban J connectivity index is 1.65. The number of rotatable bonds is 8. The number of likely N-dealkylation sites (tertiary alicyclic amines) is 1. The molecule has 3 rings (SSSR count). The van der Waals surface area contributed by atoms with Crippen LogP contribution in [0.15, 0.2) is 24.3 Å². The molecule has 1 saturated heterocycles. The van der Waals surface area contributed by atoms with Crippen LogP contribution in [-0.4, -0.2) is 52.3 Å². The quantitative estimate of drug-likeness (QED) is 0.720. The first-order chi connectivity index (χ1) is 14.4. The molecular weight excluding hydrogens is 378 g/mol. The number of carbonyl (C=O) groups is 1. The summed E-state index contributed by atoms with van der Waals surface area (Å²) >= 11 is 0. The van der Waals surface area contributed by atoms with E-state index < -0.39 is 0 Å². The van der Waals surface area contributed by atoms with E-state index in [1.54, 1.807) is 7.11 Å². The van der Waals surface area contributed by atoms with Crippen molar-refractivity contribution in [2.45, 2.75) is 53.1 Å². The average molecular weight is 414 g/mol. The molecule has 0 saturated carbocycles. The third kappa shape index (κ3) is 5.59. The van der Waals surface area contributed by atoms with Crippen molar-refractivity contribution < 1.29 is 9.53 Å². The zero-order valence-electron chi connectivity index (χ0n) is 18.9. The van der Waals surface area contributed by atoms with Gasteiger partial charge in [-0.1, -0.05) is 26.0 Å². The molecule has 1 aromatic carbocycles. The Bertz CT molecular complexity index is 825. The minimum atomic E-state index is -0.178. The summed E-state index contributed by atoms with van der Waals surface area (Å²) in [5.41, 5.74) is 1.21. The third-order valence-electron chi connectivity index (χ3n) is 6.09. The number of hydrogen-bond donors (Lipinski definition) is 1. The van der Waals surface area contributed by atoms with Crippen molar-refractivity contribution >= 4 is 5.91 Å². The Morgan fingerprint density at radius 1 is 1.23 bits per heavy atom. The van der Waals surface area contributed by atoms with Crippen molar-refractivity contribution in [2.24, 2.45) is 11.8 Å². The summed E-state index contributed by atoms with van der Waals surface area (Å²) in [5, 5.41) is 7.57. The zero-order chi connectivity index (χ0) is 21.7. The van der Waals surface area contributed by atoms with Gasteiger partial charge in [-0.05, 0) is 63.4 Å². The first-order valence-corrected chi connectivity index (χ1v) is 10.9. The van der Waals surface area contributed by atoms with Crippen LogP contribution in [0.2, 0.25) is 0 Å². The topological polar surface area (TPSA) is 72.3 Å². The summed E-state index contributed by atoms with van der Waals surface area (Å²) in [6, 6.07) is 8.37. The lowest BCUT2D eigenvalue weighted by atomic mass is 9.95. The number of aryl methyl sites for hydroxylation is 2. The fourth-order valence-corrected chi connectivity index (χ4v) is 4.07. The van der Waals surface area contributed by atoms with Crippen LogP contribution >= 0.6 is 0 Å². The van der Waals surface area contributed by atoms with Gasteiger partial charge in [-0.3, -0.25) is 9.69 Å². The Labute approximate surface area is 179 Å². The molecule has 164 valence electrons. The number of methoxy groups -OCH3 is 1. The highest BCUT2D eigenvalue weighted by Crippen LogP contribution is 2.27. The number of hydrogen-bond acceptors (Lipinski definition) is 5. The van der Waals surface area contributed by atoms with Crippen LogP contribution < -0.4 is 10.1 Å². The van der Waals surface area contributed by atoms with Crippen LogP contribution in [0.5, 0.6) is 5.75 Å². The second kappa shape index (κ2) is 10.1. The molecule has 1 N–H and O–H groups in total. The highest BCUT2D eigenvalue weighted by Gasteiger charge is 2.26. The van der Waals surface area contributed by atoms with E-state index in [1.165, 1.54) is 18.4 Å². The summed E-state index contributed by atoms with van der Waals surface area (Å²) in [4.78, 5) is 19.6. The molecule has 0 radical (unpaired) electrons. The number of piperidine rings is 1. The molecule has 0 bridgehead atoms. The van der Waals surface area contributed by atoms with Gasteiger partial charge in [0.05, 0.1) is 25.6 Å². The van der Waals surface area contributed by atoms with E-state index in [-0.39, 0.29) is 17.9 Å². The van der Waals surface area contributed by atoms with Crippen LogP contribution in [0.3, 0.4) is 0 Å². The monoisotopic (exact) mass is 413 g/mol. The predicted octanol–water partition coefficient (Wildman–Crippen LogP) is 3.13. The first-order valence-electron chi connectivity index (χ1n) is 10.9. The molecule has 0 aliphatic carbocycles. The highest BCUT2D eigenvalue weighted by molar-refractivity contribution is 5.78. The average Bonchev–Trinajstić information content (AvgIpc) is 3.06.